The number of aryl methyl sites for hydroxylation is 3. The third-order valence-corrected chi connectivity index (χ3v) is 9.08. The highest BCUT2D eigenvalue weighted by molar-refractivity contribution is 7.99. The van der Waals surface area contributed by atoms with Crippen LogP contribution < -0.4 is 10.2 Å². The second kappa shape index (κ2) is 11.7. The van der Waals surface area contributed by atoms with Gasteiger partial charge in [-0.1, -0.05) is 23.9 Å². The summed E-state index contributed by atoms with van der Waals surface area (Å²) < 4.78 is 2.33. The number of thiocarbonyl (C=S) groups is 1. The third-order valence-electron chi connectivity index (χ3n) is 7.75. The lowest BCUT2D eigenvalue weighted by Gasteiger charge is -2.28. The Morgan fingerprint density at radius 1 is 0.860 bits per heavy atom. The molecule has 3 aromatic carbocycles. The van der Waals surface area contributed by atoms with Gasteiger partial charge in [-0.2, -0.15) is 0 Å². The summed E-state index contributed by atoms with van der Waals surface area (Å²) in [5.41, 5.74) is 9.11. The smallest absolute Gasteiger partial charge is 0.269 e. The SMILES string of the molecule is Cc1cc(C)cc(-n2c(C)cc(C3C(c4ccccn4)NC(=S)N3c3ccc(Sc4ccc([N+](=O)[O-])cc4)cc3)c2C)c1. The Kier molecular flexibility index (Phi) is 7.77. The molecule has 1 aliphatic heterocycles. The first-order valence-corrected chi connectivity index (χ1v) is 15.2. The first kappa shape index (κ1) is 28.6. The highest BCUT2D eigenvalue weighted by atomic mass is 32.2. The van der Waals surface area contributed by atoms with Crippen molar-refractivity contribution in [2.75, 3.05) is 4.90 Å². The molecule has 3 heterocycles. The summed E-state index contributed by atoms with van der Waals surface area (Å²) in [4.78, 5) is 19.5. The van der Waals surface area contributed by atoms with Gasteiger partial charge >= 0.3 is 0 Å². The minimum Gasteiger partial charge on any atom is -0.351 e. The minimum absolute atomic E-state index is 0.0835. The van der Waals surface area contributed by atoms with E-state index in [1.807, 2.05) is 24.4 Å². The number of rotatable bonds is 7. The van der Waals surface area contributed by atoms with E-state index < -0.39 is 0 Å². The Balaban J connectivity index is 1.38. The molecule has 1 fully saturated rings. The van der Waals surface area contributed by atoms with Crippen LogP contribution in [0.1, 0.15) is 45.9 Å². The monoisotopic (exact) mass is 605 g/mol. The van der Waals surface area contributed by atoms with Crippen molar-refractivity contribution in [3.8, 4) is 5.69 Å². The molecular formula is C34H31N5O2S2. The Hall–Kier alpha value is -4.47. The number of aromatic nitrogens is 2. The number of hydrogen-bond donors (Lipinski definition) is 1. The van der Waals surface area contributed by atoms with Crippen LogP contribution in [0.2, 0.25) is 0 Å². The summed E-state index contributed by atoms with van der Waals surface area (Å²) in [5, 5.41) is 15.2. The lowest BCUT2D eigenvalue weighted by Crippen LogP contribution is -2.29. The van der Waals surface area contributed by atoms with E-state index in [0.717, 1.165) is 38.2 Å². The summed E-state index contributed by atoms with van der Waals surface area (Å²) in [7, 11) is 0. The zero-order valence-corrected chi connectivity index (χ0v) is 25.9. The van der Waals surface area contributed by atoms with Crippen LogP contribution in [-0.2, 0) is 0 Å². The normalized spacial score (nSPS) is 16.4. The van der Waals surface area contributed by atoms with Crippen molar-refractivity contribution >= 4 is 40.5 Å². The maximum Gasteiger partial charge on any atom is 0.269 e. The van der Waals surface area contributed by atoms with Gasteiger partial charge < -0.3 is 14.8 Å². The maximum atomic E-state index is 11.0. The quantitative estimate of drug-likeness (QED) is 0.114. The molecule has 216 valence electrons. The summed E-state index contributed by atoms with van der Waals surface area (Å²) in [6, 6.07) is 29.5. The molecule has 2 unspecified atom stereocenters. The number of nitrogens with one attached hydrogen (secondary N) is 1. The fraction of sp³-hybridized carbons (Fsp3) is 0.176. The van der Waals surface area contributed by atoms with Crippen molar-refractivity contribution in [3.63, 3.8) is 0 Å². The minimum atomic E-state index is -0.385. The summed E-state index contributed by atoms with van der Waals surface area (Å²) in [6.45, 7) is 8.60. The van der Waals surface area contributed by atoms with Crippen LogP contribution in [0.4, 0.5) is 11.4 Å². The molecule has 2 aromatic heterocycles. The average Bonchev–Trinajstić information content (AvgIpc) is 3.48. The van der Waals surface area contributed by atoms with Gasteiger partial charge in [0, 0.05) is 50.9 Å². The van der Waals surface area contributed by atoms with Crippen LogP contribution >= 0.6 is 24.0 Å². The van der Waals surface area contributed by atoms with E-state index in [-0.39, 0.29) is 22.7 Å². The molecule has 43 heavy (non-hydrogen) atoms. The number of hydrogen-bond acceptors (Lipinski definition) is 5. The van der Waals surface area contributed by atoms with Crippen LogP contribution in [0.5, 0.6) is 0 Å². The summed E-state index contributed by atoms with van der Waals surface area (Å²) >= 11 is 7.54. The highest BCUT2D eigenvalue weighted by Crippen LogP contribution is 2.44. The molecule has 1 saturated heterocycles. The van der Waals surface area contributed by atoms with Crippen LogP contribution in [0.3, 0.4) is 0 Å². The van der Waals surface area contributed by atoms with E-state index in [0.29, 0.717) is 5.11 Å². The zero-order valence-electron chi connectivity index (χ0n) is 24.3. The number of nitrogens with zero attached hydrogens (tertiary/aromatic N) is 4. The lowest BCUT2D eigenvalue weighted by molar-refractivity contribution is -0.384. The number of pyridine rings is 1. The Bertz CT molecular complexity index is 1800. The standard InChI is InChI=1S/C34H31N5O2S2/c1-21-17-22(2)19-27(18-21)37-23(3)20-30(24(37)4)33-32(31-7-5-6-16-35-31)36-34(42)38(33)25-8-12-28(13-9-25)43-29-14-10-26(11-15-29)39(40)41/h5-20,32-33H,1-4H3,(H,36,42). The molecule has 0 amide bonds. The molecule has 9 heteroatoms. The highest BCUT2D eigenvalue weighted by Gasteiger charge is 2.42. The second-order valence-corrected chi connectivity index (χ2v) is 12.4. The average molecular weight is 606 g/mol. The zero-order chi connectivity index (χ0) is 30.2. The van der Waals surface area contributed by atoms with Gasteiger partial charge in [-0.05, 0) is 123 Å². The van der Waals surface area contributed by atoms with Crippen molar-refractivity contribution in [3.05, 3.63) is 141 Å². The topological polar surface area (TPSA) is 76.2 Å². The van der Waals surface area contributed by atoms with Gasteiger partial charge in [0.15, 0.2) is 5.11 Å². The maximum absolute atomic E-state index is 11.0. The molecule has 0 spiro atoms. The van der Waals surface area contributed by atoms with Gasteiger partial charge in [-0.3, -0.25) is 15.1 Å². The number of nitro benzene ring substituents is 1. The molecule has 1 aliphatic rings. The lowest BCUT2D eigenvalue weighted by atomic mass is 9.96. The Morgan fingerprint density at radius 3 is 2.12 bits per heavy atom. The molecule has 2 atom stereocenters. The molecule has 0 aliphatic carbocycles. The summed E-state index contributed by atoms with van der Waals surface area (Å²) in [6.07, 6.45) is 1.82. The van der Waals surface area contributed by atoms with E-state index in [4.69, 9.17) is 17.2 Å². The second-order valence-electron chi connectivity index (χ2n) is 10.9. The number of non-ortho nitro benzene ring substituents is 1. The van der Waals surface area contributed by atoms with Gasteiger partial charge in [0.05, 0.1) is 22.7 Å². The van der Waals surface area contributed by atoms with Crippen LogP contribution in [-0.4, -0.2) is 19.6 Å². The van der Waals surface area contributed by atoms with Crippen molar-refractivity contribution < 1.29 is 4.92 Å². The Morgan fingerprint density at radius 2 is 1.51 bits per heavy atom. The number of nitro groups is 1. The van der Waals surface area contributed by atoms with Gasteiger partial charge in [-0.15, -0.1) is 0 Å². The van der Waals surface area contributed by atoms with E-state index in [1.54, 1.807) is 23.9 Å². The summed E-state index contributed by atoms with van der Waals surface area (Å²) in [5.74, 6) is 0. The molecule has 0 bridgehead atoms. The molecular weight excluding hydrogens is 575 g/mol. The number of benzene rings is 3. The van der Waals surface area contributed by atoms with Gasteiger partial charge in [0.2, 0.25) is 0 Å². The predicted molar refractivity (Wildman–Crippen MR) is 176 cm³/mol. The van der Waals surface area contributed by atoms with Crippen molar-refractivity contribution in [1.82, 2.24) is 14.9 Å². The molecule has 5 aromatic rings. The largest absolute Gasteiger partial charge is 0.351 e. The molecule has 7 nitrogen and oxygen atoms in total. The molecule has 6 rings (SSSR count). The van der Waals surface area contributed by atoms with E-state index in [2.05, 4.69) is 91.0 Å². The van der Waals surface area contributed by atoms with E-state index in [1.165, 1.54) is 28.8 Å². The van der Waals surface area contributed by atoms with Gasteiger partial charge in [-0.25, -0.2) is 0 Å². The van der Waals surface area contributed by atoms with Crippen molar-refractivity contribution in [2.45, 2.75) is 49.6 Å². The molecule has 1 N–H and O–H groups in total. The van der Waals surface area contributed by atoms with Crippen LogP contribution in [0.15, 0.2) is 107 Å². The van der Waals surface area contributed by atoms with E-state index in [9.17, 15) is 10.1 Å². The molecule has 0 radical (unpaired) electrons. The molecule has 0 saturated carbocycles. The Labute approximate surface area is 260 Å². The van der Waals surface area contributed by atoms with Crippen LogP contribution in [0, 0.1) is 37.8 Å². The van der Waals surface area contributed by atoms with Crippen molar-refractivity contribution in [1.29, 1.82) is 0 Å². The predicted octanol–water partition coefficient (Wildman–Crippen LogP) is 8.34. The third kappa shape index (κ3) is 5.66. The fourth-order valence-corrected chi connectivity index (χ4v) is 7.12. The first-order valence-electron chi connectivity index (χ1n) is 14.0. The first-order chi connectivity index (χ1) is 20.7. The number of anilines is 1. The fourth-order valence-electron chi connectivity index (χ4n) is 5.96. The van der Waals surface area contributed by atoms with Crippen molar-refractivity contribution in [2.24, 2.45) is 0 Å². The van der Waals surface area contributed by atoms with Gasteiger partial charge in [0.25, 0.3) is 5.69 Å². The van der Waals surface area contributed by atoms with E-state index >= 15 is 0 Å². The van der Waals surface area contributed by atoms with Crippen LogP contribution in [0.25, 0.3) is 5.69 Å². The van der Waals surface area contributed by atoms with Gasteiger partial charge in [0.1, 0.15) is 0 Å².